The van der Waals surface area contributed by atoms with E-state index in [4.69, 9.17) is 0 Å². The van der Waals surface area contributed by atoms with Gasteiger partial charge in [-0.1, -0.05) is 24.3 Å². The van der Waals surface area contributed by atoms with Crippen LogP contribution in [0.2, 0.25) is 0 Å². The van der Waals surface area contributed by atoms with Crippen molar-refractivity contribution in [3.63, 3.8) is 0 Å². The Morgan fingerprint density at radius 3 is 2.53 bits per heavy atom. The Balaban J connectivity index is 1.74. The molecule has 0 amide bonds. The molecule has 0 atom stereocenters. The maximum absolute atomic E-state index is 4.57. The zero-order valence-corrected chi connectivity index (χ0v) is 12.0. The van der Waals surface area contributed by atoms with Crippen LogP contribution in [0.1, 0.15) is 16.0 Å². The van der Waals surface area contributed by atoms with E-state index in [0.29, 0.717) is 0 Å². The van der Waals surface area contributed by atoms with Crippen LogP contribution in [-0.4, -0.2) is 25.1 Å². The Labute approximate surface area is 118 Å². The molecule has 2 aromatic rings. The standard InChI is InChI=1S/C15H19N3S/c1-16-10-14-11-17-15(19-14)18-8-6-12-4-2-3-5-13(12)7-9-18/h2-5,11,16H,6-10H2,1H3. The van der Waals surface area contributed by atoms with E-state index in [-0.39, 0.29) is 0 Å². The summed E-state index contributed by atoms with van der Waals surface area (Å²) in [6.45, 7) is 3.05. The van der Waals surface area contributed by atoms with E-state index in [1.807, 2.05) is 13.2 Å². The van der Waals surface area contributed by atoms with Gasteiger partial charge in [0.15, 0.2) is 5.13 Å². The molecule has 1 N–H and O–H groups in total. The largest absolute Gasteiger partial charge is 0.347 e. The molecule has 0 bridgehead atoms. The summed E-state index contributed by atoms with van der Waals surface area (Å²) in [5, 5.41) is 4.34. The number of nitrogens with zero attached hydrogens (tertiary/aromatic N) is 2. The fourth-order valence-electron chi connectivity index (χ4n) is 2.56. The molecule has 0 fully saturated rings. The monoisotopic (exact) mass is 273 g/mol. The third-order valence-electron chi connectivity index (χ3n) is 3.58. The van der Waals surface area contributed by atoms with Gasteiger partial charge in [-0.3, -0.25) is 0 Å². The quantitative estimate of drug-likeness (QED) is 0.931. The van der Waals surface area contributed by atoms with Gasteiger partial charge in [-0.05, 0) is 31.0 Å². The Morgan fingerprint density at radius 2 is 1.89 bits per heavy atom. The van der Waals surface area contributed by atoms with Crippen molar-refractivity contribution < 1.29 is 0 Å². The zero-order valence-electron chi connectivity index (χ0n) is 11.2. The molecular formula is C15H19N3S. The summed E-state index contributed by atoms with van der Waals surface area (Å²) in [7, 11) is 1.97. The molecule has 0 spiro atoms. The van der Waals surface area contributed by atoms with E-state index in [0.717, 1.165) is 37.6 Å². The third-order valence-corrected chi connectivity index (χ3v) is 4.64. The molecule has 2 heterocycles. The summed E-state index contributed by atoms with van der Waals surface area (Å²) in [5.74, 6) is 0. The number of thiazole rings is 1. The van der Waals surface area contributed by atoms with Gasteiger partial charge in [0.05, 0.1) is 0 Å². The molecule has 1 aromatic heterocycles. The second kappa shape index (κ2) is 5.72. The minimum atomic E-state index is 0.908. The lowest BCUT2D eigenvalue weighted by molar-refractivity contribution is 0.801. The Kier molecular flexibility index (Phi) is 3.80. The van der Waals surface area contributed by atoms with Crippen LogP contribution in [0.15, 0.2) is 30.5 Å². The van der Waals surface area contributed by atoms with Gasteiger partial charge in [-0.2, -0.15) is 0 Å². The molecule has 1 aliphatic heterocycles. The molecule has 1 aromatic carbocycles. The van der Waals surface area contributed by atoms with Crippen molar-refractivity contribution in [2.75, 3.05) is 25.0 Å². The van der Waals surface area contributed by atoms with E-state index in [2.05, 4.69) is 39.5 Å². The fourth-order valence-corrected chi connectivity index (χ4v) is 3.53. The Hall–Kier alpha value is -1.39. The van der Waals surface area contributed by atoms with E-state index in [1.54, 1.807) is 11.3 Å². The first kappa shape index (κ1) is 12.6. The number of hydrogen-bond acceptors (Lipinski definition) is 4. The van der Waals surface area contributed by atoms with Crippen molar-refractivity contribution in [1.82, 2.24) is 10.3 Å². The molecule has 0 unspecified atom stereocenters. The molecule has 1 aliphatic rings. The summed E-state index contributed by atoms with van der Waals surface area (Å²) >= 11 is 1.80. The highest BCUT2D eigenvalue weighted by atomic mass is 32.1. The molecule has 4 heteroatoms. The molecule has 0 radical (unpaired) electrons. The first-order chi connectivity index (χ1) is 9.36. The summed E-state index contributed by atoms with van der Waals surface area (Å²) in [6.07, 6.45) is 4.24. The zero-order chi connectivity index (χ0) is 13.1. The van der Waals surface area contributed by atoms with Gasteiger partial charge in [0.1, 0.15) is 0 Å². The lowest BCUT2D eigenvalue weighted by Crippen LogP contribution is -2.25. The smallest absolute Gasteiger partial charge is 0.185 e. The molecule has 100 valence electrons. The van der Waals surface area contributed by atoms with Crippen molar-refractivity contribution in [3.05, 3.63) is 46.5 Å². The average molecular weight is 273 g/mol. The maximum Gasteiger partial charge on any atom is 0.185 e. The van der Waals surface area contributed by atoms with Crippen LogP contribution in [0.25, 0.3) is 0 Å². The number of nitrogens with one attached hydrogen (secondary N) is 1. The van der Waals surface area contributed by atoms with Crippen LogP contribution in [-0.2, 0) is 19.4 Å². The third kappa shape index (κ3) is 2.80. The van der Waals surface area contributed by atoms with E-state index >= 15 is 0 Å². The topological polar surface area (TPSA) is 28.2 Å². The number of anilines is 1. The van der Waals surface area contributed by atoms with Crippen molar-refractivity contribution in [2.24, 2.45) is 0 Å². The molecule has 0 aliphatic carbocycles. The fraction of sp³-hybridized carbons (Fsp3) is 0.400. The Morgan fingerprint density at radius 1 is 1.21 bits per heavy atom. The van der Waals surface area contributed by atoms with Gasteiger partial charge < -0.3 is 10.2 Å². The van der Waals surface area contributed by atoms with Crippen LogP contribution < -0.4 is 10.2 Å². The molecular weight excluding hydrogens is 254 g/mol. The molecule has 19 heavy (non-hydrogen) atoms. The van der Waals surface area contributed by atoms with Gasteiger partial charge in [-0.25, -0.2) is 4.98 Å². The van der Waals surface area contributed by atoms with Gasteiger partial charge in [0.2, 0.25) is 0 Å². The predicted molar refractivity (Wildman–Crippen MR) is 80.9 cm³/mol. The molecule has 3 nitrogen and oxygen atoms in total. The SMILES string of the molecule is CNCc1cnc(N2CCc3ccccc3CC2)s1. The Bertz CT molecular complexity index is 523. The molecule has 0 saturated carbocycles. The highest BCUT2D eigenvalue weighted by Gasteiger charge is 2.16. The average Bonchev–Trinajstić information content (AvgIpc) is 2.79. The van der Waals surface area contributed by atoms with E-state index in [9.17, 15) is 0 Å². The van der Waals surface area contributed by atoms with Crippen LogP contribution >= 0.6 is 11.3 Å². The summed E-state index contributed by atoms with van der Waals surface area (Å²) < 4.78 is 0. The van der Waals surface area contributed by atoms with Gasteiger partial charge in [-0.15, -0.1) is 11.3 Å². The number of rotatable bonds is 3. The second-order valence-electron chi connectivity index (χ2n) is 4.90. The van der Waals surface area contributed by atoms with Crippen LogP contribution in [0.3, 0.4) is 0 Å². The highest BCUT2D eigenvalue weighted by molar-refractivity contribution is 7.15. The second-order valence-corrected chi connectivity index (χ2v) is 5.99. The summed E-state index contributed by atoms with van der Waals surface area (Å²) in [6, 6.07) is 8.80. The minimum absolute atomic E-state index is 0.908. The minimum Gasteiger partial charge on any atom is -0.347 e. The van der Waals surface area contributed by atoms with Crippen molar-refractivity contribution >= 4 is 16.5 Å². The van der Waals surface area contributed by atoms with Gasteiger partial charge in [0.25, 0.3) is 0 Å². The van der Waals surface area contributed by atoms with Crippen molar-refractivity contribution in [3.8, 4) is 0 Å². The van der Waals surface area contributed by atoms with E-state index < -0.39 is 0 Å². The number of fused-ring (bicyclic) bond motifs is 1. The highest BCUT2D eigenvalue weighted by Crippen LogP contribution is 2.25. The first-order valence-electron chi connectivity index (χ1n) is 6.78. The summed E-state index contributed by atoms with van der Waals surface area (Å²) in [5.41, 5.74) is 2.99. The lowest BCUT2D eigenvalue weighted by atomic mass is 10.0. The molecule has 0 saturated heterocycles. The number of benzene rings is 1. The predicted octanol–water partition coefficient (Wildman–Crippen LogP) is 2.47. The number of aromatic nitrogens is 1. The summed E-state index contributed by atoms with van der Waals surface area (Å²) in [4.78, 5) is 8.29. The number of hydrogen-bond donors (Lipinski definition) is 1. The first-order valence-corrected chi connectivity index (χ1v) is 7.59. The van der Waals surface area contributed by atoms with E-state index in [1.165, 1.54) is 16.0 Å². The normalized spacial score (nSPS) is 15.1. The molecule has 3 rings (SSSR count). The van der Waals surface area contributed by atoms with Crippen molar-refractivity contribution in [2.45, 2.75) is 19.4 Å². The van der Waals surface area contributed by atoms with Gasteiger partial charge in [0, 0.05) is 30.7 Å². The van der Waals surface area contributed by atoms with Crippen LogP contribution in [0.4, 0.5) is 5.13 Å². The van der Waals surface area contributed by atoms with Crippen molar-refractivity contribution in [1.29, 1.82) is 0 Å². The maximum atomic E-state index is 4.57. The van der Waals surface area contributed by atoms with Gasteiger partial charge >= 0.3 is 0 Å². The lowest BCUT2D eigenvalue weighted by Gasteiger charge is -2.18. The van der Waals surface area contributed by atoms with Crippen LogP contribution in [0, 0.1) is 0 Å². The van der Waals surface area contributed by atoms with Crippen LogP contribution in [0.5, 0.6) is 0 Å².